The maximum atomic E-state index is 12.9. The van der Waals surface area contributed by atoms with E-state index in [4.69, 9.17) is 0 Å². The van der Waals surface area contributed by atoms with Gasteiger partial charge in [0.2, 0.25) is 11.8 Å². The molecule has 24 heavy (non-hydrogen) atoms. The summed E-state index contributed by atoms with van der Waals surface area (Å²) < 4.78 is 0. The molecule has 1 saturated heterocycles. The Kier molecular flexibility index (Phi) is 4.07. The SMILES string of the molecule is CN1C(=O)CCC(C(=O)N[C@@H]2C[C@H]2C2CCC2)C1c1ccccc1. The van der Waals surface area contributed by atoms with E-state index in [1.807, 2.05) is 37.4 Å². The lowest BCUT2D eigenvalue weighted by molar-refractivity contribution is -0.141. The molecule has 2 aliphatic carbocycles. The summed E-state index contributed by atoms with van der Waals surface area (Å²) in [6.45, 7) is 0. The minimum Gasteiger partial charge on any atom is -0.353 e. The molecule has 1 aliphatic heterocycles. The van der Waals surface area contributed by atoms with Crippen LogP contribution in [-0.4, -0.2) is 29.8 Å². The maximum Gasteiger partial charge on any atom is 0.225 e. The van der Waals surface area contributed by atoms with E-state index in [1.165, 1.54) is 19.3 Å². The van der Waals surface area contributed by atoms with Crippen molar-refractivity contribution in [3.63, 3.8) is 0 Å². The average molecular weight is 326 g/mol. The van der Waals surface area contributed by atoms with E-state index in [1.54, 1.807) is 4.90 Å². The molecule has 1 aromatic carbocycles. The normalized spacial score (nSPS) is 33.0. The van der Waals surface area contributed by atoms with E-state index in [2.05, 4.69) is 5.32 Å². The molecule has 0 spiro atoms. The zero-order valence-electron chi connectivity index (χ0n) is 14.3. The first-order valence-corrected chi connectivity index (χ1v) is 9.26. The largest absolute Gasteiger partial charge is 0.353 e. The first kappa shape index (κ1) is 15.7. The molecular weight excluding hydrogens is 300 g/mol. The molecule has 0 bridgehead atoms. The highest BCUT2D eigenvalue weighted by Crippen LogP contribution is 2.47. The zero-order valence-corrected chi connectivity index (χ0v) is 14.3. The maximum absolute atomic E-state index is 12.9. The fourth-order valence-electron chi connectivity index (χ4n) is 4.48. The molecule has 128 valence electrons. The summed E-state index contributed by atoms with van der Waals surface area (Å²) in [7, 11) is 1.83. The molecule has 0 aromatic heterocycles. The van der Waals surface area contributed by atoms with Crippen molar-refractivity contribution in [2.75, 3.05) is 7.05 Å². The van der Waals surface area contributed by atoms with Crippen LogP contribution in [-0.2, 0) is 9.59 Å². The van der Waals surface area contributed by atoms with Gasteiger partial charge in [-0.2, -0.15) is 0 Å². The number of nitrogens with zero attached hydrogens (tertiary/aromatic N) is 1. The lowest BCUT2D eigenvalue weighted by Crippen LogP contribution is -2.47. The fourth-order valence-corrected chi connectivity index (χ4v) is 4.48. The molecule has 1 heterocycles. The van der Waals surface area contributed by atoms with Crippen LogP contribution in [0.1, 0.15) is 50.1 Å². The number of nitrogens with one attached hydrogen (secondary N) is 1. The minimum absolute atomic E-state index is 0.131. The van der Waals surface area contributed by atoms with Gasteiger partial charge < -0.3 is 10.2 Å². The Bertz CT molecular complexity index is 626. The highest BCUT2D eigenvalue weighted by Gasteiger charge is 2.47. The molecule has 1 aromatic rings. The van der Waals surface area contributed by atoms with Crippen molar-refractivity contribution in [2.24, 2.45) is 17.8 Å². The van der Waals surface area contributed by atoms with E-state index in [9.17, 15) is 9.59 Å². The fraction of sp³-hybridized carbons (Fsp3) is 0.600. The summed E-state index contributed by atoms with van der Waals surface area (Å²) >= 11 is 0. The Balaban J connectivity index is 1.47. The molecule has 4 nitrogen and oxygen atoms in total. The lowest BCUT2D eigenvalue weighted by atomic mass is 9.81. The van der Waals surface area contributed by atoms with Crippen molar-refractivity contribution in [1.29, 1.82) is 0 Å². The smallest absolute Gasteiger partial charge is 0.225 e. The standard InChI is InChI=1S/C20H26N2O2/c1-22-18(23)11-10-15(19(22)14-6-3-2-4-7-14)20(24)21-17-12-16(17)13-8-5-9-13/h2-4,6-7,13,15-17,19H,5,8-12H2,1H3,(H,21,24)/t15?,16-,17+,19?/m0/s1. The Hall–Kier alpha value is -1.84. The van der Waals surface area contributed by atoms with Gasteiger partial charge in [-0.1, -0.05) is 49.6 Å². The summed E-state index contributed by atoms with van der Waals surface area (Å²) in [5, 5.41) is 3.28. The predicted octanol–water partition coefficient (Wildman–Crippen LogP) is 2.90. The third-order valence-electron chi connectivity index (χ3n) is 6.26. The van der Waals surface area contributed by atoms with E-state index in [0.717, 1.165) is 17.9 Å². The Morgan fingerprint density at radius 3 is 2.58 bits per heavy atom. The van der Waals surface area contributed by atoms with Crippen LogP contribution in [0.2, 0.25) is 0 Å². The van der Waals surface area contributed by atoms with Crippen LogP contribution in [0.15, 0.2) is 30.3 Å². The molecule has 3 aliphatic rings. The van der Waals surface area contributed by atoms with Crippen LogP contribution in [0.5, 0.6) is 0 Å². The predicted molar refractivity (Wildman–Crippen MR) is 92.1 cm³/mol. The first-order valence-electron chi connectivity index (χ1n) is 9.26. The Morgan fingerprint density at radius 2 is 1.92 bits per heavy atom. The van der Waals surface area contributed by atoms with Gasteiger partial charge in [-0.15, -0.1) is 0 Å². The first-order chi connectivity index (χ1) is 11.6. The molecule has 2 amide bonds. The second kappa shape index (κ2) is 6.23. The second-order valence-electron chi connectivity index (χ2n) is 7.71. The topological polar surface area (TPSA) is 49.4 Å². The van der Waals surface area contributed by atoms with Gasteiger partial charge in [-0.05, 0) is 30.2 Å². The van der Waals surface area contributed by atoms with Gasteiger partial charge in [0.15, 0.2) is 0 Å². The quantitative estimate of drug-likeness (QED) is 0.925. The molecule has 2 unspecified atom stereocenters. The van der Waals surface area contributed by atoms with Crippen LogP contribution in [0.4, 0.5) is 0 Å². The third-order valence-corrected chi connectivity index (χ3v) is 6.26. The van der Waals surface area contributed by atoms with Crippen LogP contribution >= 0.6 is 0 Å². The van der Waals surface area contributed by atoms with Gasteiger partial charge in [0.05, 0.1) is 12.0 Å². The van der Waals surface area contributed by atoms with Gasteiger partial charge in [0.25, 0.3) is 0 Å². The van der Waals surface area contributed by atoms with Crippen LogP contribution in [0, 0.1) is 17.8 Å². The number of benzene rings is 1. The van der Waals surface area contributed by atoms with Crippen molar-refractivity contribution < 1.29 is 9.59 Å². The molecule has 4 rings (SSSR count). The molecule has 2 saturated carbocycles. The number of amides is 2. The van der Waals surface area contributed by atoms with E-state index in [-0.39, 0.29) is 23.8 Å². The van der Waals surface area contributed by atoms with Gasteiger partial charge in [0.1, 0.15) is 0 Å². The van der Waals surface area contributed by atoms with Crippen molar-refractivity contribution in [2.45, 2.75) is 50.6 Å². The molecule has 0 radical (unpaired) electrons. The van der Waals surface area contributed by atoms with E-state index < -0.39 is 0 Å². The van der Waals surface area contributed by atoms with Crippen LogP contribution in [0.3, 0.4) is 0 Å². The summed E-state index contributed by atoms with van der Waals surface area (Å²) in [5.41, 5.74) is 1.06. The van der Waals surface area contributed by atoms with Crippen LogP contribution in [0.25, 0.3) is 0 Å². The number of piperidine rings is 1. The van der Waals surface area contributed by atoms with Crippen molar-refractivity contribution >= 4 is 11.8 Å². The molecule has 4 heteroatoms. The van der Waals surface area contributed by atoms with E-state index >= 15 is 0 Å². The van der Waals surface area contributed by atoms with Crippen molar-refractivity contribution in [3.8, 4) is 0 Å². The molecule has 1 N–H and O–H groups in total. The summed E-state index contributed by atoms with van der Waals surface area (Å²) in [6, 6.07) is 10.2. The average Bonchev–Trinajstić information content (AvgIpc) is 3.27. The summed E-state index contributed by atoms with van der Waals surface area (Å²) in [4.78, 5) is 26.8. The van der Waals surface area contributed by atoms with E-state index in [0.29, 0.717) is 24.8 Å². The van der Waals surface area contributed by atoms with Crippen molar-refractivity contribution in [1.82, 2.24) is 10.2 Å². The highest BCUT2D eigenvalue weighted by molar-refractivity contribution is 5.85. The number of rotatable bonds is 4. The Labute approximate surface area is 143 Å². The highest BCUT2D eigenvalue weighted by atomic mass is 16.2. The van der Waals surface area contributed by atoms with Gasteiger partial charge in [-0.3, -0.25) is 9.59 Å². The van der Waals surface area contributed by atoms with Crippen LogP contribution < -0.4 is 5.32 Å². The molecular formula is C20H26N2O2. The molecule has 4 atom stereocenters. The lowest BCUT2D eigenvalue weighted by Gasteiger charge is -2.38. The summed E-state index contributed by atoms with van der Waals surface area (Å²) in [5.74, 6) is 1.68. The van der Waals surface area contributed by atoms with Gasteiger partial charge in [-0.25, -0.2) is 0 Å². The monoisotopic (exact) mass is 326 g/mol. The number of hydrogen-bond acceptors (Lipinski definition) is 2. The second-order valence-corrected chi connectivity index (χ2v) is 7.71. The zero-order chi connectivity index (χ0) is 16.7. The number of hydrogen-bond donors (Lipinski definition) is 1. The number of carbonyl (C=O) groups excluding carboxylic acids is 2. The van der Waals surface area contributed by atoms with Gasteiger partial charge >= 0.3 is 0 Å². The summed E-state index contributed by atoms with van der Waals surface area (Å²) in [6.07, 6.45) is 6.29. The number of likely N-dealkylation sites (tertiary alicyclic amines) is 1. The van der Waals surface area contributed by atoms with Gasteiger partial charge in [0, 0.05) is 19.5 Å². The minimum atomic E-state index is -0.145. The van der Waals surface area contributed by atoms with Crippen molar-refractivity contribution in [3.05, 3.63) is 35.9 Å². The number of carbonyl (C=O) groups is 2. The Morgan fingerprint density at radius 1 is 1.17 bits per heavy atom. The molecule has 3 fully saturated rings. The third kappa shape index (κ3) is 2.83.